The van der Waals surface area contributed by atoms with Gasteiger partial charge in [-0.25, -0.2) is 0 Å². The van der Waals surface area contributed by atoms with E-state index in [1.54, 1.807) is 18.2 Å². The van der Waals surface area contributed by atoms with Gasteiger partial charge in [0.2, 0.25) is 5.91 Å². The number of carbonyl (C=O) groups excluding carboxylic acids is 1. The lowest BCUT2D eigenvalue weighted by Gasteiger charge is -2.12. The molecule has 1 aromatic carbocycles. The monoisotopic (exact) mass is 250 g/mol. The quantitative estimate of drug-likeness (QED) is 0.853. The molecule has 3 N–H and O–H groups in total. The Hall–Kier alpha value is -1.75. The lowest BCUT2D eigenvalue weighted by Crippen LogP contribution is -2.34. The van der Waals surface area contributed by atoms with Crippen molar-refractivity contribution in [1.82, 2.24) is 0 Å². The minimum Gasteiger partial charge on any atom is -0.490 e. The first-order chi connectivity index (χ1) is 8.70. The molecule has 0 radical (unpaired) electrons. The van der Waals surface area contributed by atoms with Gasteiger partial charge in [-0.2, -0.15) is 0 Å². The van der Waals surface area contributed by atoms with Crippen LogP contribution in [0, 0.1) is 0 Å². The van der Waals surface area contributed by atoms with Crippen molar-refractivity contribution >= 4 is 11.6 Å². The summed E-state index contributed by atoms with van der Waals surface area (Å²) < 4.78 is 11.1. The van der Waals surface area contributed by atoms with Gasteiger partial charge in [0.25, 0.3) is 0 Å². The Morgan fingerprint density at radius 1 is 1.39 bits per heavy atom. The number of rotatable bonds is 3. The SMILES string of the molecule is CC[C@@H](N)C(=O)Nc1ccc2c(c1)OCCCO2. The molecule has 1 atom stereocenters. The first kappa shape index (κ1) is 12.7. The van der Waals surface area contributed by atoms with Crippen LogP contribution in [-0.4, -0.2) is 25.2 Å². The van der Waals surface area contributed by atoms with Crippen LogP contribution < -0.4 is 20.5 Å². The summed E-state index contributed by atoms with van der Waals surface area (Å²) in [6.45, 7) is 3.15. The molecule has 0 aliphatic carbocycles. The fourth-order valence-corrected chi connectivity index (χ4v) is 1.66. The van der Waals surface area contributed by atoms with E-state index >= 15 is 0 Å². The van der Waals surface area contributed by atoms with Gasteiger partial charge in [-0.1, -0.05) is 6.92 Å². The maximum atomic E-state index is 11.7. The van der Waals surface area contributed by atoms with Gasteiger partial charge in [0.05, 0.1) is 19.3 Å². The van der Waals surface area contributed by atoms with Crippen LogP contribution in [0.25, 0.3) is 0 Å². The van der Waals surface area contributed by atoms with E-state index in [0.717, 1.165) is 6.42 Å². The topological polar surface area (TPSA) is 73.6 Å². The highest BCUT2D eigenvalue weighted by molar-refractivity contribution is 5.94. The van der Waals surface area contributed by atoms with Crippen LogP contribution in [0.3, 0.4) is 0 Å². The van der Waals surface area contributed by atoms with Crippen molar-refractivity contribution in [1.29, 1.82) is 0 Å². The van der Waals surface area contributed by atoms with Crippen LogP contribution in [0.4, 0.5) is 5.69 Å². The Morgan fingerprint density at radius 3 is 2.83 bits per heavy atom. The summed E-state index contributed by atoms with van der Waals surface area (Å²) in [6.07, 6.45) is 1.47. The number of hydrogen-bond donors (Lipinski definition) is 2. The molecule has 1 aliphatic heterocycles. The molecule has 5 nitrogen and oxygen atoms in total. The maximum absolute atomic E-state index is 11.7. The zero-order valence-electron chi connectivity index (χ0n) is 10.4. The highest BCUT2D eigenvalue weighted by Crippen LogP contribution is 2.32. The van der Waals surface area contributed by atoms with E-state index in [9.17, 15) is 4.79 Å². The molecule has 0 fully saturated rings. The minimum atomic E-state index is -0.485. The summed E-state index contributed by atoms with van der Waals surface area (Å²) in [7, 11) is 0. The minimum absolute atomic E-state index is 0.188. The van der Waals surface area contributed by atoms with Crippen molar-refractivity contribution in [3.63, 3.8) is 0 Å². The van der Waals surface area contributed by atoms with E-state index < -0.39 is 6.04 Å². The number of benzene rings is 1. The Balaban J connectivity index is 2.11. The van der Waals surface area contributed by atoms with Gasteiger partial charge >= 0.3 is 0 Å². The summed E-state index contributed by atoms with van der Waals surface area (Å²) in [6, 6.07) is 4.86. The van der Waals surface area contributed by atoms with E-state index in [4.69, 9.17) is 15.2 Å². The second-order valence-corrected chi connectivity index (χ2v) is 4.22. The third kappa shape index (κ3) is 2.92. The molecule has 1 amide bonds. The van der Waals surface area contributed by atoms with Crippen LogP contribution >= 0.6 is 0 Å². The summed E-state index contributed by atoms with van der Waals surface area (Å²) in [4.78, 5) is 11.7. The van der Waals surface area contributed by atoms with Crippen LogP contribution in [0.1, 0.15) is 19.8 Å². The van der Waals surface area contributed by atoms with Crippen LogP contribution in [-0.2, 0) is 4.79 Å². The Labute approximate surface area is 106 Å². The van der Waals surface area contributed by atoms with E-state index in [0.29, 0.717) is 36.8 Å². The lowest BCUT2D eigenvalue weighted by molar-refractivity contribution is -0.117. The van der Waals surface area contributed by atoms with E-state index in [1.807, 2.05) is 6.92 Å². The summed E-state index contributed by atoms with van der Waals surface area (Å²) in [5.41, 5.74) is 6.33. The number of hydrogen-bond acceptors (Lipinski definition) is 4. The average Bonchev–Trinajstić information content (AvgIpc) is 2.62. The normalized spacial score (nSPS) is 15.7. The number of anilines is 1. The third-order valence-electron chi connectivity index (χ3n) is 2.79. The predicted octanol–water partition coefficient (Wildman–Crippen LogP) is 1.52. The zero-order valence-corrected chi connectivity index (χ0v) is 10.4. The molecule has 2 rings (SSSR count). The number of fused-ring (bicyclic) bond motifs is 1. The zero-order chi connectivity index (χ0) is 13.0. The standard InChI is InChI=1S/C13H18N2O3/c1-2-10(14)13(16)15-9-4-5-11-12(8-9)18-7-3-6-17-11/h4-5,8,10H,2-3,6-7,14H2,1H3,(H,15,16)/t10-/m1/s1. The first-order valence-corrected chi connectivity index (χ1v) is 6.17. The molecular weight excluding hydrogens is 232 g/mol. The van der Waals surface area contributed by atoms with E-state index in [2.05, 4.69) is 5.32 Å². The van der Waals surface area contributed by atoms with Crippen LogP contribution in [0.15, 0.2) is 18.2 Å². The highest BCUT2D eigenvalue weighted by atomic mass is 16.5. The van der Waals surface area contributed by atoms with Crippen molar-refractivity contribution < 1.29 is 14.3 Å². The molecule has 1 aliphatic rings. The maximum Gasteiger partial charge on any atom is 0.241 e. The van der Waals surface area contributed by atoms with Gasteiger partial charge in [-0.15, -0.1) is 0 Å². The van der Waals surface area contributed by atoms with Gasteiger partial charge in [0.1, 0.15) is 0 Å². The number of amides is 1. The van der Waals surface area contributed by atoms with Crippen molar-refractivity contribution in [2.24, 2.45) is 5.73 Å². The molecule has 1 heterocycles. The van der Waals surface area contributed by atoms with Crippen LogP contribution in [0.5, 0.6) is 11.5 Å². The van der Waals surface area contributed by atoms with Crippen molar-refractivity contribution in [3.8, 4) is 11.5 Å². The molecule has 0 aromatic heterocycles. The van der Waals surface area contributed by atoms with E-state index in [-0.39, 0.29) is 5.91 Å². The van der Waals surface area contributed by atoms with E-state index in [1.165, 1.54) is 0 Å². The van der Waals surface area contributed by atoms with Crippen molar-refractivity contribution in [2.45, 2.75) is 25.8 Å². The molecule has 1 aromatic rings. The van der Waals surface area contributed by atoms with Crippen molar-refractivity contribution in [2.75, 3.05) is 18.5 Å². The predicted molar refractivity (Wildman–Crippen MR) is 68.9 cm³/mol. The molecule has 0 saturated heterocycles. The Kier molecular flexibility index (Phi) is 4.04. The number of ether oxygens (including phenoxy) is 2. The fraction of sp³-hybridized carbons (Fsp3) is 0.462. The smallest absolute Gasteiger partial charge is 0.241 e. The Bertz CT molecular complexity index is 434. The van der Waals surface area contributed by atoms with Gasteiger partial charge in [-0.3, -0.25) is 4.79 Å². The molecule has 0 spiro atoms. The largest absolute Gasteiger partial charge is 0.490 e. The third-order valence-corrected chi connectivity index (χ3v) is 2.79. The van der Waals surface area contributed by atoms with Gasteiger partial charge in [0.15, 0.2) is 11.5 Å². The second-order valence-electron chi connectivity index (χ2n) is 4.22. The average molecular weight is 250 g/mol. The fourth-order valence-electron chi connectivity index (χ4n) is 1.66. The molecule has 0 bridgehead atoms. The molecular formula is C13H18N2O3. The van der Waals surface area contributed by atoms with Crippen LogP contribution in [0.2, 0.25) is 0 Å². The van der Waals surface area contributed by atoms with Crippen molar-refractivity contribution in [3.05, 3.63) is 18.2 Å². The second kappa shape index (κ2) is 5.73. The highest BCUT2D eigenvalue weighted by Gasteiger charge is 2.14. The number of nitrogens with two attached hydrogens (primary N) is 1. The molecule has 0 saturated carbocycles. The molecule has 5 heteroatoms. The summed E-state index contributed by atoms with van der Waals surface area (Å²) in [5, 5.41) is 2.76. The summed E-state index contributed by atoms with van der Waals surface area (Å²) in [5.74, 6) is 1.19. The van der Waals surface area contributed by atoms with Gasteiger partial charge < -0.3 is 20.5 Å². The molecule has 98 valence electrons. The lowest BCUT2D eigenvalue weighted by atomic mass is 10.2. The molecule has 18 heavy (non-hydrogen) atoms. The number of carbonyl (C=O) groups is 1. The first-order valence-electron chi connectivity index (χ1n) is 6.17. The molecule has 0 unspecified atom stereocenters. The number of nitrogens with one attached hydrogen (secondary N) is 1. The van der Waals surface area contributed by atoms with Gasteiger partial charge in [-0.05, 0) is 18.6 Å². The summed E-state index contributed by atoms with van der Waals surface area (Å²) >= 11 is 0. The Morgan fingerprint density at radius 2 is 2.11 bits per heavy atom. The van der Waals surface area contributed by atoms with Gasteiger partial charge in [0, 0.05) is 18.2 Å².